The standard InChI is InChI=1S/C26H29Cl2FN2O6/c27-16-1-3-17(4-2-16)36-12-7-21(24(34)35)30-25-8-10-26(11-9-25,22(32)14-25)31-23(33)15-37-18-5-6-19(28)20(29)13-18/h1-6,13,21-22,30,32H,7-12,14-15H2,(H,31,33)(H,34,35)/t21-,22-,25?,26?/m0/s1. The summed E-state index contributed by atoms with van der Waals surface area (Å²) in [6.07, 6.45) is 1.83. The summed E-state index contributed by atoms with van der Waals surface area (Å²) in [7, 11) is 0. The van der Waals surface area contributed by atoms with Crippen LogP contribution in [0.3, 0.4) is 0 Å². The van der Waals surface area contributed by atoms with Gasteiger partial charge in [-0.05, 0) is 68.5 Å². The molecule has 2 aromatic rings. The molecule has 200 valence electrons. The second kappa shape index (κ2) is 11.4. The molecular formula is C26H29Cl2FN2O6. The molecule has 11 heteroatoms. The Morgan fingerprint density at radius 2 is 1.73 bits per heavy atom. The molecule has 0 aliphatic heterocycles. The summed E-state index contributed by atoms with van der Waals surface area (Å²) in [5.41, 5.74) is -1.36. The van der Waals surface area contributed by atoms with Gasteiger partial charge in [-0.3, -0.25) is 14.9 Å². The predicted octanol–water partition coefficient (Wildman–Crippen LogP) is 3.96. The predicted molar refractivity (Wildman–Crippen MR) is 136 cm³/mol. The SMILES string of the molecule is O=C(COc1ccc(Cl)c(F)c1)NC12CCC(N[C@@H](CCOc3ccc(Cl)cc3)C(=O)O)(CC1)C[C@@H]2O. The van der Waals surface area contributed by atoms with Crippen molar-refractivity contribution >= 4 is 35.1 Å². The molecule has 3 fully saturated rings. The fraction of sp³-hybridized carbons (Fsp3) is 0.462. The first-order valence-corrected chi connectivity index (χ1v) is 12.8. The van der Waals surface area contributed by atoms with Gasteiger partial charge in [-0.2, -0.15) is 0 Å². The van der Waals surface area contributed by atoms with Crippen molar-refractivity contribution in [2.24, 2.45) is 0 Å². The van der Waals surface area contributed by atoms with Gasteiger partial charge in [-0.25, -0.2) is 4.39 Å². The van der Waals surface area contributed by atoms with Crippen LogP contribution in [0.25, 0.3) is 0 Å². The Hall–Kier alpha value is -2.59. The van der Waals surface area contributed by atoms with Crippen LogP contribution in [0.5, 0.6) is 11.5 Å². The maximum atomic E-state index is 13.6. The zero-order valence-corrected chi connectivity index (χ0v) is 21.5. The Kier molecular flexibility index (Phi) is 8.48. The number of aliphatic carboxylic acids is 1. The van der Waals surface area contributed by atoms with E-state index in [2.05, 4.69) is 10.6 Å². The number of carboxylic acid groups (broad SMARTS) is 1. The van der Waals surface area contributed by atoms with Crippen LogP contribution in [0.1, 0.15) is 38.5 Å². The molecule has 37 heavy (non-hydrogen) atoms. The lowest BCUT2D eigenvalue weighted by molar-refractivity contribution is -0.142. The Morgan fingerprint density at radius 3 is 2.35 bits per heavy atom. The Labute approximate surface area is 224 Å². The largest absolute Gasteiger partial charge is 0.494 e. The van der Waals surface area contributed by atoms with Crippen molar-refractivity contribution in [1.82, 2.24) is 10.6 Å². The van der Waals surface area contributed by atoms with Crippen LogP contribution in [0.4, 0.5) is 4.39 Å². The van der Waals surface area contributed by atoms with E-state index in [0.717, 1.165) is 6.07 Å². The van der Waals surface area contributed by atoms with Crippen molar-refractivity contribution in [2.45, 2.75) is 61.7 Å². The van der Waals surface area contributed by atoms with Crippen molar-refractivity contribution < 1.29 is 33.7 Å². The number of aliphatic hydroxyl groups excluding tert-OH is 1. The highest BCUT2D eigenvalue weighted by Gasteiger charge is 2.55. The molecule has 3 aliphatic carbocycles. The van der Waals surface area contributed by atoms with Gasteiger partial charge in [-0.1, -0.05) is 23.2 Å². The fourth-order valence-electron chi connectivity index (χ4n) is 5.17. The minimum absolute atomic E-state index is 0.0421. The van der Waals surface area contributed by atoms with Gasteiger partial charge in [0.1, 0.15) is 23.4 Å². The van der Waals surface area contributed by atoms with Gasteiger partial charge in [0.15, 0.2) is 6.61 Å². The van der Waals surface area contributed by atoms with Gasteiger partial charge in [0.25, 0.3) is 5.91 Å². The average molecular weight is 555 g/mol. The lowest BCUT2D eigenvalue weighted by Crippen LogP contribution is -2.71. The van der Waals surface area contributed by atoms with Crippen LogP contribution in [0.2, 0.25) is 10.0 Å². The highest BCUT2D eigenvalue weighted by Crippen LogP contribution is 2.47. The molecule has 0 saturated heterocycles. The quantitative estimate of drug-likeness (QED) is 0.332. The summed E-state index contributed by atoms with van der Waals surface area (Å²) in [5.74, 6) is -1.30. The number of carboxylic acids is 1. The van der Waals surface area contributed by atoms with Crippen LogP contribution in [0.15, 0.2) is 42.5 Å². The summed E-state index contributed by atoms with van der Waals surface area (Å²) in [5, 5.41) is 27.5. The molecule has 8 nitrogen and oxygen atoms in total. The molecule has 0 radical (unpaired) electrons. The molecule has 0 aromatic heterocycles. The zero-order valence-electron chi connectivity index (χ0n) is 20.0. The number of rotatable bonds is 11. The van der Waals surface area contributed by atoms with Crippen molar-refractivity contribution in [1.29, 1.82) is 0 Å². The van der Waals surface area contributed by atoms with E-state index in [1.807, 2.05) is 0 Å². The van der Waals surface area contributed by atoms with Gasteiger partial charge >= 0.3 is 5.97 Å². The number of fused-ring (bicyclic) bond motifs is 3. The van der Waals surface area contributed by atoms with Crippen molar-refractivity contribution in [2.75, 3.05) is 13.2 Å². The van der Waals surface area contributed by atoms with E-state index >= 15 is 0 Å². The molecule has 0 heterocycles. The molecule has 3 aliphatic rings. The molecule has 3 saturated carbocycles. The normalized spacial score (nSPS) is 25.4. The molecule has 1 amide bonds. The summed E-state index contributed by atoms with van der Waals surface area (Å²) < 4.78 is 24.6. The number of hydrogen-bond donors (Lipinski definition) is 4. The molecule has 0 unspecified atom stereocenters. The molecule has 4 N–H and O–H groups in total. The smallest absolute Gasteiger partial charge is 0.320 e. The first-order valence-electron chi connectivity index (χ1n) is 12.1. The Bertz CT molecular complexity index is 1120. The molecule has 5 rings (SSSR count). The fourth-order valence-corrected chi connectivity index (χ4v) is 5.41. The third kappa shape index (κ3) is 6.65. The van der Waals surface area contributed by atoms with Crippen molar-refractivity contribution in [3.63, 3.8) is 0 Å². The van der Waals surface area contributed by atoms with E-state index < -0.39 is 40.9 Å². The van der Waals surface area contributed by atoms with Crippen molar-refractivity contribution in [3.05, 3.63) is 58.3 Å². The third-order valence-electron chi connectivity index (χ3n) is 7.24. The van der Waals surface area contributed by atoms with Gasteiger partial charge in [0.2, 0.25) is 0 Å². The Balaban J connectivity index is 1.29. The van der Waals surface area contributed by atoms with Crippen LogP contribution in [0, 0.1) is 5.82 Å². The zero-order chi connectivity index (χ0) is 26.6. The number of benzene rings is 2. The second-order valence-electron chi connectivity index (χ2n) is 9.70. The molecule has 2 aromatic carbocycles. The monoisotopic (exact) mass is 554 g/mol. The van der Waals surface area contributed by atoms with E-state index in [9.17, 15) is 24.2 Å². The lowest BCUT2D eigenvalue weighted by atomic mass is 9.59. The lowest BCUT2D eigenvalue weighted by Gasteiger charge is -2.57. The number of halogens is 3. The highest BCUT2D eigenvalue weighted by atomic mass is 35.5. The van der Waals surface area contributed by atoms with Gasteiger partial charge in [0, 0.05) is 23.0 Å². The van der Waals surface area contributed by atoms with E-state index in [1.54, 1.807) is 24.3 Å². The molecule has 2 bridgehead atoms. The van der Waals surface area contributed by atoms with E-state index in [4.69, 9.17) is 32.7 Å². The number of amides is 1. The minimum Gasteiger partial charge on any atom is -0.494 e. The number of hydrogen-bond acceptors (Lipinski definition) is 6. The summed E-state index contributed by atoms with van der Waals surface area (Å²) in [6.45, 7) is -0.143. The summed E-state index contributed by atoms with van der Waals surface area (Å²) in [4.78, 5) is 24.5. The highest BCUT2D eigenvalue weighted by molar-refractivity contribution is 6.30. The van der Waals surface area contributed by atoms with E-state index in [0.29, 0.717) is 42.9 Å². The average Bonchev–Trinajstić information content (AvgIpc) is 2.86. The van der Waals surface area contributed by atoms with Gasteiger partial charge < -0.3 is 25.0 Å². The number of nitrogens with one attached hydrogen (secondary N) is 2. The number of aliphatic hydroxyl groups is 1. The maximum Gasteiger partial charge on any atom is 0.320 e. The molecular weight excluding hydrogens is 526 g/mol. The van der Waals surface area contributed by atoms with Gasteiger partial charge in [0.05, 0.1) is 23.3 Å². The van der Waals surface area contributed by atoms with Crippen LogP contribution >= 0.6 is 23.2 Å². The minimum atomic E-state index is -0.991. The topological polar surface area (TPSA) is 117 Å². The molecule has 2 atom stereocenters. The van der Waals surface area contributed by atoms with Crippen LogP contribution in [-0.2, 0) is 9.59 Å². The van der Waals surface area contributed by atoms with Gasteiger partial charge in [-0.15, -0.1) is 0 Å². The second-order valence-corrected chi connectivity index (χ2v) is 10.5. The van der Waals surface area contributed by atoms with E-state index in [1.165, 1.54) is 12.1 Å². The maximum absolute atomic E-state index is 13.6. The first kappa shape index (κ1) is 27.4. The third-order valence-corrected chi connectivity index (χ3v) is 7.80. The number of carbonyl (C=O) groups excluding carboxylic acids is 1. The Morgan fingerprint density at radius 1 is 1.05 bits per heavy atom. The summed E-state index contributed by atoms with van der Waals surface area (Å²) >= 11 is 11.5. The summed E-state index contributed by atoms with van der Waals surface area (Å²) in [6, 6.07) is 9.88. The number of ether oxygens (including phenoxy) is 2. The first-order chi connectivity index (χ1) is 17.6. The van der Waals surface area contributed by atoms with Crippen LogP contribution in [-0.4, -0.2) is 58.5 Å². The van der Waals surface area contributed by atoms with E-state index in [-0.39, 0.29) is 30.4 Å². The van der Waals surface area contributed by atoms with Crippen LogP contribution < -0.4 is 20.1 Å². The number of carbonyl (C=O) groups is 2. The van der Waals surface area contributed by atoms with Crippen molar-refractivity contribution in [3.8, 4) is 11.5 Å². The molecule has 0 spiro atoms.